The second-order valence-corrected chi connectivity index (χ2v) is 5.17. The lowest BCUT2D eigenvalue weighted by molar-refractivity contribution is 0.299. The summed E-state index contributed by atoms with van der Waals surface area (Å²) in [7, 11) is 0. The van der Waals surface area contributed by atoms with Gasteiger partial charge in [-0.15, -0.1) is 0 Å². The van der Waals surface area contributed by atoms with Gasteiger partial charge in [-0.3, -0.25) is 0 Å². The maximum absolute atomic E-state index is 13.5. The lowest BCUT2D eigenvalue weighted by Gasteiger charge is -2.37. The Labute approximate surface area is 105 Å². The van der Waals surface area contributed by atoms with Crippen LogP contribution in [0.15, 0.2) is 12.1 Å². The van der Waals surface area contributed by atoms with Gasteiger partial charge in [-0.05, 0) is 24.5 Å². The number of rotatable bonds is 2. The molecule has 1 saturated carbocycles. The van der Waals surface area contributed by atoms with Crippen LogP contribution in [0.5, 0.6) is 0 Å². The molecule has 2 rings (SSSR count). The van der Waals surface area contributed by atoms with Crippen LogP contribution in [0, 0.1) is 11.6 Å². The third-order valence-electron chi connectivity index (χ3n) is 3.77. The van der Waals surface area contributed by atoms with E-state index in [4.69, 9.17) is 17.3 Å². The Kier molecular flexibility index (Phi) is 3.69. The van der Waals surface area contributed by atoms with E-state index >= 15 is 0 Å². The van der Waals surface area contributed by atoms with Gasteiger partial charge in [-0.25, -0.2) is 8.78 Å². The molecule has 1 aromatic rings. The Morgan fingerprint density at radius 2 is 1.82 bits per heavy atom. The van der Waals surface area contributed by atoms with Crippen LogP contribution in [-0.2, 0) is 5.41 Å². The van der Waals surface area contributed by atoms with E-state index < -0.39 is 11.6 Å². The van der Waals surface area contributed by atoms with Gasteiger partial charge in [0.1, 0.15) is 11.6 Å². The molecule has 94 valence electrons. The Bertz CT molecular complexity index is 414. The SMILES string of the molecule is NCC1(c2cc(F)cc(F)c2Cl)CCCCC1. The fourth-order valence-corrected chi connectivity index (χ4v) is 3.06. The minimum Gasteiger partial charge on any atom is -0.330 e. The normalized spacial score (nSPS) is 19.3. The van der Waals surface area contributed by atoms with Crippen molar-refractivity contribution in [3.05, 3.63) is 34.4 Å². The van der Waals surface area contributed by atoms with Gasteiger partial charge in [0.15, 0.2) is 0 Å². The fraction of sp³-hybridized carbons (Fsp3) is 0.538. The van der Waals surface area contributed by atoms with Crippen molar-refractivity contribution < 1.29 is 8.78 Å². The molecule has 0 heterocycles. The maximum Gasteiger partial charge on any atom is 0.145 e. The lowest BCUT2D eigenvalue weighted by atomic mass is 9.69. The standard InChI is InChI=1S/C13H16ClF2N/c14-12-10(6-9(15)7-11(12)16)13(8-17)4-2-1-3-5-13/h6-7H,1-5,8,17H2. The average Bonchev–Trinajstić information content (AvgIpc) is 2.34. The second kappa shape index (κ2) is 4.91. The summed E-state index contributed by atoms with van der Waals surface area (Å²) in [5.74, 6) is -1.28. The van der Waals surface area contributed by atoms with Crippen LogP contribution in [0.2, 0.25) is 5.02 Å². The quantitative estimate of drug-likeness (QED) is 0.804. The first-order valence-electron chi connectivity index (χ1n) is 5.94. The first kappa shape index (κ1) is 12.8. The van der Waals surface area contributed by atoms with E-state index in [1.807, 2.05) is 0 Å². The molecular weight excluding hydrogens is 244 g/mol. The summed E-state index contributed by atoms with van der Waals surface area (Å²) in [6.45, 7) is 0.385. The number of nitrogens with two attached hydrogens (primary N) is 1. The third kappa shape index (κ3) is 2.31. The van der Waals surface area contributed by atoms with Crippen molar-refractivity contribution in [2.75, 3.05) is 6.54 Å². The van der Waals surface area contributed by atoms with E-state index in [0.29, 0.717) is 12.1 Å². The smallest absolute Gasteiger partial charge is 0.145 e. The van der Waals surface area contributed by atoms with Crippen molar-refractivity contribution >= 4 is 11.6 Å². The van der Waals surface area contributed by atoms with Crippen molar-refractivity contribution in [2.45, 2.75) is 37.5 Å². The molecule has 0 bridgehead atoms. The number of halogens is 3. The number of hydrogen-bond acceptors (Lipinski definition) is 1. The molecule has 0 saturated heterocycles. The summed E-state index contributed by atoms with van der Waals surface area (Å²) >= 11 is 5.97. The van der Waals surface area contributed by atoms with Crippen LogP contribution in [0.1, 0.15) is 37.7 Å². The molecule has 0 amide bonds. The molecule has 2 N–H and O–H groups in total. The van der Waals surface area contributed by atoms with E-state index in [1.165, 1.54) is 6.07 Å². The van der Waals surface area contributed by atoms with Gasteiger partial charge in [-0.2, -0.15) is 0 Å². The summed E-state index contributed by atoms with van der Waals surface area (Å²) in [6.07, 6.45) is 4.92. The monoisotopic (exact) mass is 259 g/mol. The summed E-state index contributed by atoms with van der Waals surface area (Å²) in [4.78, 5) is 0. The van der Waals surface area contributed by atoms with Crippen LogP contribution >= 0.6 is 11.6 Å². The van der Waals surface area contributed by atoms with E-state index in [9.17, 15) is 8.78 Å². The zero-order valence-electron chi connectivity index (χ0n) is 9.61. The Morgan fingerprint density at radius 1 is 1.18 bits per heavy atom. The third-order valence-corrected chi connectivity index (χ3v) is 4.15. The molecule has 0 spiro atoms. The highest BCUT2D eigenvalue weighted by Gasteiger charge is 2.35. The highest BCUT2D eigenvalue weighted by molar-refractivity contribution is 6.31. The molecule has 0 aliphatic heterocycles. The van der Waals surface area contributed by atoms with Gasteiger partial charge >= 0.3 is 0 Å². The minimum atomic E-state index is -0.694. The van der Waals surface area contributed by atoms with Crippen molar-refractivity contribution in [1.29, 1.82) is 0 Å². The zero-order valence-corrected chi connectivity index (χ0v) is 10.4. The molecule has 0 aromatic heterocycles. The van der Waals surface area contributed by atoms with Crippen LogP contribution < -0.4 is 5.73 Å². The van der Waals surface area contributed by atoms with Crippen molar-refractivity contribution in [2.24, 2.45) is 5.73 Å². The summed E-state index contributed by atoms with van der Waals surface area (Å²) < 4.78 is 26.8. The summed E-state index contributed by atoms with van der Waals surface area (Å²) in [5, 5.41) is 0.0266. The molecule has 17 heavy (non-hydrogen) atoms. The molecule has 1 aromatic carbocycles. The predicted molar refractivity (Wildman–Crippen MR) is 65.2 cm³/mol. The molecule has 4 heteroatoms. The molecule has 1 aliphatic carbocycles. The van der Waals surface area contributed by atoms with Gasteiger partial charge in [0.05, 0.1) is 5.02 Å². The molecule has 0 radical (unpaired) electrons. The van der Waals surface area contributed by atoms with Crippen LogP contribution in [-0.4, -0.2) is 6.54 Å². The highest BCUT2D eigenvalue weighted by atomic mass is 35.5. The number of hydrogen-bond donors (Lipinski definition) is 1. The van der Waals surface area contributed by atoms with E-state index in [-0.39, 0.29) is 10.4 Å². The fourth-order valence-electron chi connectivity index (χ4n) is 2.75. The largest absolute Gasteiger partial charge is 0.330 e. The molecule has 0 atom stereocenters. The van der Waals surface area contributed by atoms with Gasteiger partial charge < -0.3 is 5.73 Å². The first-order valence-corrected chi connectivity index (χ1v) is 6.32. The van der Waals surface area contributed by atoms with Gasteiger partial charge in [0, 0.05) is 18.0 Å². The Hall–Kier alpha value is -0.670. The minimum absolute atomic E-state index is 0.0266. The molecular formula is C13H16ClF2N. The van der Waals surface area contributed by atoms with E-state index in [2.05, 4.69) is 0 Å². The number of benzene rings is 1. The zero-order chi connectivity index (χ0) is 12.5. The predicted octanol–water partition coefficient (Wildman–Crippen LogP) is 3.78. The van der Waals surface area contributed by atoms with Crippen molar-refractivity contribution in [3.8, 4) is 0 Å². The molecule has 1 nitrogen and oxygen atoms in total. The molecule has 1 fully saturated rings. The second-order valence-electron chi connectivity index (χ2n) is 4.79. The van der Waals surface area contributed by atoms with E-state index in [1.54, 1.807) is 0 Å². The Morgan fingerprint density at radius 3 is 2.41 bits per heavy atom. The summed E-state index contributed by atoms with van der Waals surface area (Å²) in [5.41, 5.74) is 6.03. The van der Waals surface area contributed by atoms with Crippen LogP contribution in [0.3, 0.4) is 0 Å². The van der Waals surface area contributed by atoms with E-state index in [0.717, 1.165) is 38.2 Å². The van der Waals surface area contributed by atoms with Gasteiger partial charge in [-0.1, -0.05) is 30.9 Å². The maximum atomic E-state index is 13.5. The van der Waals surface area contributed by atoms with Crippen molar-refractivity contribution in [1.82, 2.24) is 0 Å². The first-order chi connectivity index (χ1) is 8.09. The summed E-state index contributed by atoms with van der Waals surface area (Å²) in [6, 6.07) is 2.16. The van der Waals surface area contributed by atoms with Crippen LogP contribution in [0.4, 0.5) is 8.78 Å². The lowest BCUT2D eigenvalue weighted by Crippen LogP contribution is -2.37. The van der Waals surface area contributed by atoms with Gasteiger partial charge in [0.25, 0.3) is 0 Å². The average molecular weight is 260 g/mol. The molecule has 0 unspecified atom stereocenters. The Balaban J connectivity index is 2.49. The van der Waals surface area contributed by atoms with Crippen LogP contribution in [0.25, 0.3) is 0 Å². The highest BCUT2D eigenvalue weighted by Crippen LogP contribution is 2.42. The van der Waals surface area contributed by atoms with Crippen molar-refractivity contribution in [3.63, 3.8) is 0 Å². The molecule has 1 aliphatic rings. The van der Waals surface area contributed by atoms with Gasteiger partial charge in [0.2, 0.25) is 0 Å². The topological polar surface area (TPSA) is 26.0 Å².